The lowest BCUT2D eigenvalue weighted by atomic mass is 9.92. The van der Waals surface area contributed by atoms with Crippen molar-refractivity contribution in [2.45, 2.75) is 51.2 Å². The minimum absolute atomic E-state index is 0.143. The van der Waals surface area contributed by atoms with E-state index in [1.807, 2.05) is 0 Å². The molecule has 0 bridgehead atoms. The zero-order valence-corrected chi connectivity index (χ0v) is 13.9. The second kappa shape index (κ2) is 10.6. The molecule has 23 heavy (non-hydrogen) atoms. The Hall–Kier alpha value is -1.18. The first-order valence-corrected chi connectivity index (χ1v) is 8.45. The normalized spacial score (nSPS) is 26.3. The van der Waals surface area contributed by atoms with Crippen LogP contribution in [-0.2, 0) is 9.59 Å². The molecule has 1 amide bonds. The Kier molecular flexibility index (Phi) is 9.13. The Morgan fingerprint density at radius 1 is 1.13 bits per heavy atom. The monoisotopic (exact) mass is 330 g/mol. The number of carbonyl (C=O) groups is 2. The minimum atomic E-state index is -0.779. The van der Waals surface area contributed by atoms with Gasteiger partial charge in [-0.25, -0.2) is 0 Å². The molecular formula is C16H30N2O5. The smallest absolute Gasteiger partial charge is 0.290 e. The van der Waals surface area contributed by atoms with Crippen molar-refractivity contribution in [3.8, 4) is 0 Å². The fourth-order valence-corrected chi connectivity index (χ4v) is 3.25. The molecule has 2 saturated heterocycles. The highest BCUT2D eigenvalue weighted by Gasteiger charge is 2.30. The summed E-state index contributed by atoms with van der Waals surface area (Å²) in [6.07, 6.45) is 3.04. The summed E-state index contributed by atoms with van der Waals surface area (Å²) in [5, 5.41) is 26.0. The molecule has 2 aliphatic heterocycles. The Labute approximate surface area is 137 Å². The van der Waals surface area contributed by atoms with Crippen molar-refractivity contribution in [3.63, 3.8) is 0 Å². The lowest BCUT2D eigenvalue weighted by Gasteiger charge is -2.36. The summed E-state index contributed by atoms with van der Waals surface area (Å²) < 4.78 is 0. The van der Waals surface area contributed by atoms with Crippen molar-refractivity contribution in [1.29, 1.82) is 0 Å². The number of carbonyl (C=O) groups excluding carboxylic acids is 1. The molecule has 2 aliphatic rings. The van der Waals surface area contributed by atoms with Gasteiger partial charge in [0, 0.05) is 19.5 Å². The van der Waals surface area contributed by atoms with Gasteiger partial charge in [-0.1, -0.05) is 6.92 Å². The molecule has 3 N–H and O–H groups in total. The summed E-state index contributed by atoms with van der Waals surface area (Å²) in [5.41, 5.74) is 0. The molecule has 134 valence electrons. The van der Waals surface area contributed by atoms with Crippen LogP contribution in [0.1, 0.15) is 39.0 Å². The zero-order valence-electron chi connectivity index (χ0n) is 13.9. The molecule has 7 nitrogen and oxygen atoms in total. The van der Waals surface area contributed by atoms with Gasteiger partial charge >= 0.3 is 0 Å². The molecule has 2 rings (SSSR count). The predicted octanol–water partition coefficient (Wildman–Crippen LogP) is 0.153. The van der Waals surface area contributed by atoms with Crippen LogP contribution in [0.5, 0.6) is 0 Å². The molecule has 2 fully saturated rings. The highest BCUT2D eigenvalue weighted by Crippen LogP contribution is 2.22. The molecule has 0 radical (unpaired) electrons. The third kappa shape index (κ3) is 6.85. The lowest BCUT2D eigenvalue weighted by molar-refractivity contribution is -0.139. The first-order chi connectivity index (χ1) is 11.0. The lowest BCUT2D eigenvalue weighted by Crippen LogP contribution is -2.49. The second-order valence-electron chi connectivity index (χ2n) is 6.36. The number of nitrogens with zero attached hydrogens (tertiary/aromatic N) is 2. The van der Waals surface area contributed by atoms with Gasteiger partial charge in [-0.05, 0) is 51.2 Å². The van der Waals surface area contributed by atoms with Crippen LogP contribution in [0, 0.1) is 5.92 Å². The number of likely N-dealkylation sites (tertiary alicyclic amines) is 2. The number of amides is 1. The van der Waals surface area contributed by atoms with Gasteiger partial charge in [-0.15, -0.1) is 0 Å². The molecule has 0 aromatic heterocycles. The average molecular weight is 330 g/mol. The van der Waals surface area contributed by atoms with Crippen LogP contribution in [-0.4, -0.2) is 82.4 Å². The quantitative estimate of drug-likeness (QED) is 0.635. The van der Waals surface area contributed by atoms with E-state index in [1.165, 1.54) is 6.42 Å². The second-order valence-corrected chi connectivity index (χ2v) is 6.36. The summed E-state index contributed by atoms with van der Waals surface area (Å²) in [5.74, 6) is 0.629. The largest absolute Gasteiger partial charge is 0.483 e. The summed E-state index contributed by atoms with van der Waals surface area (Å²) in [7, 11) is 0. The Bertz CT molecular complexity index is 358. The van der Waals surface area contributed by atoms with Crippen molar-refractivity contribution < 1.29 is 24.9 Å². The van der Waals surface area contributed by atoms with Crippen LogP contribution < -0.4 is 0 Å². The number of aliphatic hydroxyl groups excluding tert-OH is 2. The van der Waals surface area contributed by atoms with E-state index in [2.05, 4.69) is 11.8 Å². The van der Waals surface area contributed by atoms with Crippen LogP contribution in [0.2, 0.25) is 0 Å². The van der Waals surface area contributed by atoms with E-state index >= 15 is 0 Å². The van der Waals surface area contributed by atoms with Gasteiger partial charge < -0.3 is 25.1 Å². The molecular weight excluding hydrogens is 300 g/mol. The molecule has 0 unspecified atom stereocenters. The van der Waals surface area contributed by atoms with Gasteiger partial charge in [0.25, 0.3) is 6.47 Å². The summed E-state index contributed by atoms with van der Waals surface area (Å²) in [6, 6.07) is 0. The van der Waals surface area contributed by atoms with Gasteiger partial charge in [0.15, 0.2) is 0 Å². The molecule has 2 atom stereocenters. The van der Waals surface area contributed by atoms with Gasteiger partial charge in [0.1, 0.15) is 0 Å². The Balaban J connectivity index is 0.000000816. The van der Waals surface area contributed by atoms with Crippen LogP contribution in [0.25, 0.3) is 0 Å². The first kappa shape index (κ1) is 19.9. The highest BCUT2D eigenvalue weighted by atomic mass is 16.3. The average Bonchev–Trinajstić information content (AvgIpc) is 2.53. The van der Waals surface area contributed by atoms with E-state index in [0.717, 1.165) is 32.5 Å². The van der Waals surface area contributed by atoms with Crippen LogP contribution in [0.3, 0.4) is 0 Å². The zero-order chi connectivity index (χ0) is 17.2. The Morgan fingerprint density at radius 3 is 2.26 bits per heavy atom. The van der Waals surface area contributed by atoms with E-state index in [0.29, 0.717) is 25.3 Å². The highest BCUT2D eigenvalue weighted by molar-refractivity contribution is 5.76. The van der Waals surface area contributed by atoms with Gasteiger partial charge in [0.2, 0.25) is 5.91 Å². The topological polar surface area (TPSA) is 101 Å². The number of hydrogen-bond acceptors (Lipinski definition) is 5. The number of aliphatic hydroxyl groups is 2. The van der Waals surface area contributed by atoms with E-state index in [9.17, 15) is 15.0 Å². The maximum Gasteiger partial charge on any atom is 0.290 e. The first-order valence-electron chi connectivity index (χ1n) is 8.45. The van der Waals surface area contributed by atoms with Gasteiger partial charge in [-0.2, -0.15) is 0 Å². The van der Waals surface area contributed by atoms with E-state index in [1.54, 1.807) is 4.90 Å². The molecule has 7 heteroatoms. The van der Waals surface area contributed by atoms with Gasteiger partial charge in [0.05, 0.1) is 12.2 Å². The number of rotatable bonds is 4. The fourth-order valence-electron chi connectivity index (χ4n) is 3.25. The Morgan fingerprint density at radius 2 is 1.74 bits per heavy atom. The van der Waals surface area contributed by atoms with Crippen molar-refractivity contribution in [3.05, 3.63) is 0 Å². The van der Waals surface area contributed by atoms with Crippen LogP contribution >= 0.6 is 0 Å². The van der Waals surface area contributed by atoms with Gasteiger partial charge in [-0.3, -0.25) is 9.59 Å². The summed E-state index contributed by atoms with van der Waals surface area (Å²) in [6.45, 7) is 6.18. The summed E-state index contributed by atoms with van der Waals surface area (Å²) >= 11 is 0. The van der Waals surface area contributed by atoms with Crippen LogP contribution in [0.15, 0.2) is 0 Å². The predicted molar refractivity (Wildman–Crippen MR) is 86.0 cm³/mol. The standard InChI is InChI=1S/C15H28N2O3.CH2O2/c1-2-6-16-7-3-12(4-8-16)10-15(20)17-9-5-13(18)14(19)11-17;2-1-3/h12-14,18-19H,2-11H2,1H3;1H,(H,2,3)/t13-,14-;/m0./s1. The molecule has 0 aromatic rings. The maximum atomic E-state index is 12.2. The third-order valence-electron chi connectivity index (χ3n) is 4.61. The maximum absolute atomic E-state index is 12.2. The molecule has 0 aliphatic carbocycles. The molecule has 0 saturated carbocycles. The van der Waals surface area contributed by atoms with E-state index < -0.39 is 12.2 Å². The SMILES string of the molecule is CCCN1CCC(CC(=O)N2CC[C@H](O)[C@@H](O)C2)CC1.O=CO. The number of β-amino-alcohol motifs (C(OH)–C–C–N with tert-alkyl or cyclic N) is 1. The van der Waals surface area contributed by atoms with Crippen molar-refractivity contribution >= 4 is 12.4 Å². The van der Waals surface area contributed by atoms with Crippen LogP contribution in [0.4, 0.5) is 0 Å². The van der Waals surface area contributed by atoms with Crippen molar-refractivity contribution in [1.82, 2.24) is 9.80 Å². The fraction of sp³-hybridized carbons (Fsp3) is 0.875. The molecule has 0 aromatic carbocycles. The van der Waals surface area contributed by atoms with Crippen molar-refractivity contribution in [2.75, 3.05) is 32.7 Å². The van der Waals surface area contributed by atoms with E-state index in [4.69, 9.17) is 9.90 Å². The summed E-state index contributed by atoms with van der Waals surface area (Å²) in [4.78, 5) is 24.8. The third-order valence-corrected chi connectivity index (χ3v) is 4.61. The molecule has 2 heterocycles. The number of piperidine rings is 2. The number of hydrogen-bond donors (Lipinski definition) is 3. The molecule has 0 spiro atoms. The van der Waals surface area contributed by atoms with Crippen molar-refractivity contribution in [2.24, 2.45) is 5.92 Å². The van der Waals surface area contributed by atoms with E-state index in [-0.39, 0.29) is 18.9 Å². The number of carboxylic acid groups (broad SMARTS) is 1. The minimum Gasteiger partial charge on any atom is -0.483 e.